The number of hydrogen-bond donors (Lipinski definition) is 1. The third-order valence-corrected chi connectivity index (χ3v) is 3.72. The lowest BCUT2D eigenvalue weighted by Gasteiger charge is -2.15. The molecule has 0 radical (unpaired) electrons. The van der Waals surface area contributed by atoms with Gasteiger partial charge in [0.15, 0.2) is 0 Å². The van der Waals surface area contributed by atoms with Crippen molar-refractivity contribution in [2.75, 3.05) is 14.2 Å². The summed E-state index contributed by atoms with van der Waals surface area (Å²) in [6.07, 6.45) is 0. The second-order valence-electron chi connectivity index (χ2n) is 5.11. The van der Waals surface area contributed by atoms with Gasteiger partial charge in [0, 0.05) is 10.8 Å². The largest absolute Gasteiger partial charge is 0.495 e. The van der Waals surface area contributed by atoms with Crippen LogP contribution < -0.4 is 9.47 Å². The van der Waals surface area contributed by atoms with Gasteiger partial charge in [0.25, 0.3) is 0 Å². The summed E-state index contributed by atoms with van der Waals surface area (Å²) in [5, 5.41) is 11.7. The van der Waals surface area contributed by atoms with Gasteiger partial charge in [0.1, 0.15) is 17.1 Å². The van der Waals surface area contributed by atoms with Gasteiger partial charge in [-0.3, -0.25) is 0 Å². The number of hydrogen-bond acceptors (Lipinski definition) is 3. The van der Waals surface area contributed by atoms with Crippen molar-refractivity contribution in [3.63, 3.8) is 0 Å². The van der Waals surface area contributed by atoms with Gasteiger partial charge in [-0.2, -0.15) is 0 Å². The summed E-state index contributed by atoms with van der Waals surface area (Å²) in [6.45, 7) is 3.28. The van der Waals surface area contributed by atoms with Gasteiger partial charge in [0.2, 0.25) is 0 Å². The Hall–Kier alpha value is -1.70. The topological polar surface area (TPSA) is 38.7 Å². The number of halogens is 1. The molecule has 0 amide bonds. The first-order valence-corrected chi connectivity index (χ1v) is 7.26. The highest BCUT2D eigenvalue weighted by molar-refractivity contribution is 9.10. The molecule has 0 aromatic heterocycles. The first-order chi connectivity index (χ1) is 9.89. The number of rotatable bonds is 2. The maximum Gasteiger partial charge on any atom is 0.143 e. The fourth-order valence-corrected chi connectivity index (χ4v) is 2.74. The Kier molecular flexibility index (Phi) is 4.46. The molecule has 0 fully saturated rings. The molecule has 2 rings (SSSR count). The van der Waals surface area contributed by atoms with E-state index in [0.29, 0.717) is 17.1 Å². The molecule has 4 heteroatoms. The van der Waals surface area contributed by atoms with Crippen LogP contribution in [0.15, 0.2) is 28.7 Å². The minimum atomic E-state index is -1.08. The molecule has 3 nitrogen and oxygen atoms in total. The molecule has 0 spiro atoms. The normalized spacial score (nSPS) is 11.0. The second kappa shape index (κ2) is 5.97. The Morgan fingerprint density at radius 2 is 1.57 bits per heavy atom. The van der Waals surface area contributed by atoms with E-state index in [1.807, 2.05) is 24.3 Å². The minimum absolute atomic E-state index is 0.662. The first kappa shape index (κ1) is 15.7. The number of benzene rings is 2. The fourth-order valence-electron chi connectivity index (χ4n) is 2.08. The van der Waals surface area contributed by atoms with Gasteiger partial charge in [-0.15, -0.1) is 0 Å². The predicted octanol–water partition coefficient (Wildman–Crippen LogP) is 3.74. The molecule has 0 saturated heterocycles. The van der Waals surface area contributed by atoms with Crippen LogP contribution in [-0.2, 0) is 0 Å². The van der Waals surface area contributed by atoms with E-state index in [0.717, 1.165) is 15.2 Å². The van der Waals surface area contributed by atoms with E-state index in [4.69, 9.17) is 9.47 Å². The van der Waals surface area contributed by atoms with Gasteiger partial charge in [-0.25, -0.2) is 0 Å². The molecule has 0 aliphatic carbocycles. The van der Waals surface area contributed by atoms with Crippen LogP contribution >= 0.6 is 15.9 Å². The van der Waals surface area contributed by atoms with Crippen molar-refractivity contribution in [1.29, 1.82) is 0 Å². The molecule has 2 aromatic rings. The smallest absolute Gasteiger partial charge is 0.143 e. The minimum Gasteiger partial charge on any atom is -0.495 e. The van der Waals surface area contributed by atoms with Gasteiger partial charge < -0.3 is 14.6 Å². The summed E-state index contributed by atoms with van der Waals surface area (Å²) < 4.78 is 11.8. The highest BCUT2D eigenvalue weighted by Crippen LogP contribution is 2.43. The molecule has 0 aliphatic rings. The molecule has 1 N–H and O–H groups in total. The highest BCUT2D eigenvalue weighted by Gasteiger charge is 2.18. The van der Waals surface area contributed by atoms with E-state index in [1.54, 1.807) is 28.1 Å². The quantitative estimate of drug-likeness (QED) is 0.840. The van der Waals surface area contributed by atoms with E-state index in [-0.39, 0.29) is 0 Å². The number of aliphatic hydroxyl groups is 1. The average Bonchev–Trinajstić information content (AvgIpc) is 2.43. The molecule has 0 unspecified atom stereocenters. The highest BCUT2D eigenvalue weighted by atomic mass is 79.9. The van der Waals surface area contributed by atoms with Crippen LogP contribution in [0, 0.1) is 11.8 Å². The maximum atomic E-state index is 9.81. The zero-order valence-electron chi connectivity index (χ0n) is 12.5. The van der Waals surface area contributed by atoms with Gasteiger partial charge in [-0.1, -0.05) is 36.1 Å². The van der Waals surface area contributed by atoms with Crippen LogP contribution in [0.25, 0.3) is 10.8 Å². The molecule has 110 valence electrons. The third kappa shape index (κ3) is 3.15. The van der Waals surface area contributed by atoms with Crippen molar-refractivity contribution in [1.82, 2.24) is 0 Å². The predicted molar refractivity (Wildman–Crippen MR) is 87.9 cm³/mol. The Balaban J connectivity index is 2.86. The molecule has 2 aromatic carbocycles. The maximum absolute atomic E-state index is 9.81. The number of ether oxygens (including phenoxy) is 2. The molecular weight excluding hydrogens is 332 g/mol. The zero-order valence-corrected chi connectivity index (χ0v) is 14.0. The van der Waals surface area contributed by atoms with Crippen LogP contribution in [0.2, 0.25) is 0 Å². The van der Waals surface area contributed by atoms with E-state index in [1.165, 1.54) is 0 Å². The van der Waals surface area contributed by atoms with Gasteiger partial charge >= 0.3 is 0 Å². The molecule has 0 aliphatic heterocycles. The molecule has 21 heavy (non-hydrogen) atoms. The van der Waals surface area contributed by atoms with Gasteiger partial charge in [-0.05, 0) is 29.8 Å². The van der Waals surface area contributed by atoms with Crippen molar-refractivity contribution in [3.05, 3.63) is 34.3 Å². The Morgan fingerprint density at radius 1 is 1.05 bits per heavy atom. The van der Waals surface area contributed by atoms with Crippen LogP contribution in [-0.4, -0.2) is 24.9 Å². The molecule has 0 atom stereocenters. The van der Waals surface area contributed by atoms with Crippen LogP contribution in [0.1, 0.15) is 19.4 Å². The summed E-state index contributed by atoms with van der Waals surface area (Å²) in [5.74, 6) is 7.16. The second-order valence-corrected chi connectivity index (χ2v) is 5.90. The zero-order chi connectivity index (χ0) is 15.6. The SMILES string of the molecule is COc1c(Br)c(C#CC(C)(C)O)c(OC)c2ccccc12. The monoisotopic (exact) mass is 348 g/mol. The van der Waals surface area contributed by atoms with Crippen molar-refractivity contribution in [2.24, 2.45) is 0 Å². The Bertz CT molecular complexity index is 733. The molecular formula is C17H17BrO3. The van der Waals surface area contributed by atoms with E-state index >= 15 is 0 Å². The van der Waals surface area contributed by atoms with Crippen molar-refractivity contribution in [3.8, 4) is 23.3 Å². The van der Waals surface area contributed by atoms with E-state index < -0.39 is 5.60 Å². The van der Waals surface area contributed by atoms with Crippen LogP contribution in [0.4, 0.5) is 0 Å². The Morgan fingerprint density at radius 3 is 2.05 bits per heavy atom. The van der Waals surface area contributed by atoms with Crippen molar-refractivity contribution in [2.45, 2.75) is 19.4 Å². The molecule has 0 bridgehead atoms. The lowest BCUT2D eigenvalue weighted by atomic mass is 10.0. The van der Waals surface area contributed by atoms with Gasteiger partial charge in [0.05, 0.1) is 24.3 Å². The lowest BCUT2D eigenvalue weighted by molar-refractivity contribution is 0.143. The number of methoxy groups -OCH3 is 2. The molecule has 0 heterocycles. The summed E-state index contributed by atoms with van der Waals surface area (Å²) in [5.41, 5.74) is -0.418. The van der Waals surface area contributed by atoms with Crippen LogP contribution in [0.3, 0.4) is 0 Å². The first-order valence-electron chi connectivity index (χ1n) is 6.46. The summed E-state index contributed by atoms with van der Waals surface area (Å²) in [6, 6.07) is 7.80. The summed E-state index contributed by atoms with van der Waals surface area (Å²) >= 11 is 3.53. The summed E-state index contributed by atoms with van der Waals surface area (Å²) in [7, 11) is 3.22. The lowest BCUT2D eigenvalue weighted by Crippen LogP contribution is -2.14. The average molecular weight is 349 g/mol. The van der Waals surface area contributed by atoms with Crippen LogP contribution in [0.5, 0.6) is 11.5 Å². The van der Waals surface area contributed by atoms with E-state index in [9.17, 15) is 5.11 Å². The summed E-state index contributed by atoms with van der Waals surface area (Å²) in [4.78, 5) is 0. The standard InChI is InChI=1S/C17H17BrO3/c1-17(2,19)10-9-13-14(18)16(21-4)12-8-6-5-7-11(12)15(13)20-3/h5-8,19H,1-4H3. The van der Waals surface area contributed by atoms with Crippen molar-refractivity contribution >= 4 is 26.7 Å². The molecule has 0 saturated carbocycles. The van der Waals surface area contributed by atoms with E-state index in [2.05, 4.69) is 27.8 Å². The number of fused-ring (bicyclic) bond motifs is 1. The Labute approximate surface area is 133 Å². The third-order valence-electron chi connectivity index (χ3n) is 2.96. The fraction of sp³-hybridized carbons (Fsp3) is 0.294. The van der Waals surface area contributed by atoms with Crippen molar-refractivity contribution < 1.29 is 14.6 Å².